The minimum absolute atomic E-state index is 0.0701. The van der Waals surface area contributed by atoms with Crippen LogP contribution in [0, 0.1) is 0 Å². The van der Waals surface area contributed by atoms with E-state index < -0.39 is 5.60 Å². The van der Waals surface area contributed by atoms with Gasteiger partial charge in [-0.25, -0.2) is 0 Å². The van der Waals surface area contributed by atoms with E-state index in [1.807, 2.05) is 38.1 Å². The van der Waals surface area contributed by atoms with Crippen molar-refractivity contribution >= 4 is 23.4 Å². The Balaban J connectivity index is 2.54. The van der Waals surface area contributed by atoms with Gasteiger partial charge in [-0.2, -0.15) is 0 Å². The van der Waals surface area contributed by atoms with Crippen molar-refractivity contribution in [3.63, 3.8) is 0 Å². The molecule has 4 heteroatoms. The second-order valence-electron chi connectivity index (χ2n) is 4.34. The van der Waals surface area contributed by atoms with Gasteiger partial charge in [0.15, 0.2) is 0 Å². The highest BCUT2D eigenvalue weighted by molar-refractivity contribution is 7.99. The first-order valence-corrected chi connectivity index (χ1v) is 6.64. The third-order valence-electron chi connectivity index (χ3n) is 2.49. The van der Waals surface area contributed by atoms with E-state index in [0.29, 0.717) is 5.75 Å². The molecule has 2 N–H and O–H groups in total. The summed E-state index contributed by atoms with van der Waals surface area (Å²) in [4.78, 5) is 11.9. The number of thioether (sulfide) groups is 1. The van der Waals surface area contributed by atoms with Crippen LogP contribution in [0.1, 0.15) is 27.2 Å². The van der Waals surface area contributed by atoms with Crippen LogP contribution < -0.4 is 5.32 Å². The molecule has 0 saturated heterocycles. The molecule has 0 radical (unpaired) electrons. The van der Waals surface area contributed by atoms with Crippen molar-refractivity contribution in [2.24, 2.45) is 0 Å². The quantitative estimate of drug-likeness (QED) is 0.793. The molecule has 3 nitrogen and oxygen atoms in total. The topological polar surface area (TPSA) is 49.3 Å². The number of rotatable bonds is 5. The Kier molecular flexibility index (Phi) is 5.02. The molecule has 94 valence electrons. The molecule has 1 aromatic rings. The summed E-state index contributed by atoms with van der Waals surface area (Å²) in [6.07, 6.45) is 0.740. The molecule has 17 heavy (non-hydrogen) atoms. The zero-order valence-electron chi connectivity index (χ0n) is 10.5. The predicted octanol–water partition coefficient (Wildman–Crippen LogP) is 2.90. The highest BCUT2D eigenvalue weighted by Crippen LogP contribution is 2.25. The van der Waals surface area contributed by atoms with Crippen LogP contribution in [0.4, 0.5) is 5.69 Å². The van der Waals surface area contributed by atoms with Crippen molar-refractivity contribution in [2.45, 2.75) is 37.7 Å². The van der Waals surface area contributed by atoms with Crippen LogP contribution in [0.3, 0.4) is 0 Å². The number of anilines is 1. The van der Waals surface area contributed by atoms with Gasteiger partial charge in [-0.3, -0.25) is 4.79 Å². The van der Waals surface area contributed by atoms with Crippen LogP contribution >= 0.6 is 11.8 Å². The second-order valence-corrected chi connectivity index (χ2v) is 5.39. The van der Waals surface area contributed by atoms with E-state index >= 15 is 0 Å². The molecular weight excluding hydrogens is 234 g/mol. The van der Waals surface area contributed by atoms with Crippen LogP contribution in [0.5, 0.6) is 0 Å². The lowest BCUT2D eigenvalue weighted by molar-refractivity contribution is -0.114. The van der Waals surface area contributed by atoms with Gasteiger partial charge in [-0.1, -0.05) is 6.92 Å². The van der Waals surface area contributed by atoms with E-state index in [0.717, 1.165) is 17.0 Å². The number of nitrogens with one attached hydrogen (secondary N) is 1. The molecule has 0 saturated carbocycles. The van der Waals surface area contributed by atoms with Gasteiger partial charge in [0.05, 0.1) is 5.60 Å². The predicted molar refractivity (Wildman–Crippen MR) is 72.4 cm³/mol. The molecule has 0 aliphatic carbocycles. The third-order valence-corrected chi connectivity index (χ3v) is 3.86. The molecule has 1 atom stereocenters. The van der Waals surface area contributed by atoms with Crippen molar-refractivity contribution in [3.05, 3.63) is 24.3 Å². The average Bonchev–Trinajstić information content (AvgIpc) is 2.28. The second kappa shape index (κ2) is 6.07. The van der Waals surface area contributed by atoms with Crippen LogP contribution in [0.2, 0.25) is 0 Å². The van der Waals surface area contributed by atoms with Crippen LogP contribution in [0.15, 0.2) is 29.2 Å². The van der Waals surface area contributed by atoms with E-state index in [9.17, 15) is 9.90 Å². The summed E-state index contributed by atoms with van der Waals surface area (Å²) in [5.74, 6) is 0.600. The van der Waals surface area contributed by atoms with Gasteiger partial charge < -0.3 is 10.4 Å². The molecule has 0 heterocycles. The summed E-state index contributed by atoms with van der Waals surface area (Å²) in [5, 5.41) is 12.6. The molecule has 0 aliphatic rings. The number of aliphatic hydroxyl groups is 1. The summed E-state index contributed by atoms with van der Waals surface area (Å²) in [6, 6.07) is 7.62. The number of amides is 1. The summed E-state index contributed by atoms with van der Waals surface area (Å²) in [5.41, 5.74) is 0.171. The molecular formula is C13H19NO2S. The van der Waals surface area contributed by atoms with Crippen LogP contribution in [-0.4, -0.2) is 22.4 Å². The van der Waals surface area contributed by atoms with Crippen LogP contribution in [-0.2, 0) is 4.79 Å². The van der Waals surface area contributed by atoms with E-state index in [2.05, 4.69) is 5.32 Å². The molecule has 1 aromatic carbocycles. The molecule has 0 spiro atoms. The molecule has 1 unspecified atom stereocenters. The number of hydrogen-bond donors (Lipinski definition) is 2. The largest absolute Gasteiger partial charge is 0.389 e. The molecule has 0 aliphatic heterocycles. The Morgan fingerprint density at radius 3 is 2.47 bits per heavy atom. The first-order valence-electron chi connectivity index (χ1n) is 5.66. The summed E-state index contributed by atoms with van der Waals surface area (Å²) in [6.45, 7) is 5.30. The Bertz CT molecular complexity index is 374. The van der Waals surface area contributed by atoms with Gasteiger partial charge in [0, 0.05) is 23.3 Å². The standard InChI is InChI=1S/C13H19NO2S/c1-4-13(3,16)9-17-12-7-5-11(6-8-12)14-10(2)15/h5-8,16H,4,9H2,1-3H3,(H,14,15). The first-order chi connectivity index (χ1) is 7.93. The van der Waals surface area contributed by atoms with E-state index in [4.69, 9.17) is 0 Å². The van der Waals surface area contributed by atoms with Crippen molar-refractivity contribution in [1.82, 2.24) is 0 Å². The van der Waals surface area contributed by atoms with Crippen molar-refractivity contribution in [3.8, 4) is 0 Å². The van der Waals surface area contributed by atoms with E-state index in [-0.39, 0.29) is 5.91 Å². The third kappa shape index (κ3) is 5.24. The minimum Gasteiger partial charge on any atom is -0.389 e. The lowest BCUT2D eigenvalue weighted by Crippen LogP contribution is -2.25. The van der Waals surface area contributed by atoms with Gasteiger partial charge >= 0.3 is 0 Å². The van der Waals surface area contributed by atoms with E-state index in [1.54, 1.807) is 11.8 Å². The maximum atomic E-state index is 10.8. The summed E-state index contributed by atoms with van der Waals surface area (Å²) < 4.78 is 0. The van der Waals surface area contributed by atoms with Crippen molar-refractivity contribution in [1.29, 1.82) is 0 Å². The highest BCUT2D eigenvalue weighted by Gasteiger charge is 2.17. The maximum absolute atomic E-state index is 10.8. The summed E-state index contributed by atoms with van der Waals surface area (Å²) in [7, 11) is 0. The van der Waals surface area contributed by atoms with Gasteiger partial charge in [0.2, 0.25) is 5.91 Å². The Labute approximate surface area is 107 Å². The lowest BCUT2D eigenvalue weighted by Gasteiger charge is -2.20. The van der Waals surface area contributed by atoms with Crippen molar-refractivity contribution < 1.29 is 9.90 Å². The maximum Gasteiger partial charge on any atom is 0.221 e. The molecule has 0 bridgehead atoms. The summed E-state index contributed by atoms with van der Waals surface area (Å²) >= 11 is 1.62. The zero-order valence-corrected chi connectivity index (χ0v) is 11.3. The van der Waals surface area contributed by atoms with Gasteiger partial charge in [-0.05, 0) is 37.6 Å². The fourth-order valence-corrected chi connectivity index (χ4v) is 2.19. The number of benzene rings is 1. The van der Waals surface area contributed by atoms with Gasteiger partial charge in [0.25, 0.3) is 0 Å². The Hall–Kier alpha value is -1.00. The first kappa shape index (κ1) is 14.1. The fraction of sp³-hybridized carbons (Fsp3) is 0.462. The SMILES string of the molecule is CCC(C)(O)CSc1ccc(NC(C)=O)cc1. The van der Waals surface area contributed by atoms with E-state index in [1.165, 1.54) is 6.92 Å². The van der Waals surface area contributed by atoms with Crippen molar-refractivity contribution in [2.75, 3.05) is 11.1 Å². The average molecular weight is 253 g/mol. The monoisotopic (exact) mass is 253 g/mol. The van der Waals surface area contributed by atoms with Crippen LogP contribution in [0.25, 0.3) is 0 Å². The Morgan fingerprint density at radius 2 is 2.00 bits per heavy atom. The van der Waals surface area contributed by atoms with Gasteiger partial charge in [-0.15, -0.1) is 11.8 Å². The Morgan fingerprint density at radius 1 is 1.41 bits per heavy atom. The highest BCUT2D eigenvalue weighted by atomic mass is 32.2. The lowest BCUT2D eigenvalue weighted by atomic mass is 10.1. The number of carbonyl (C=O) groups excluding carboxylic acids is 1. The van der Waals surface area contributed by atoms with Gasteiger partial charge in [0.1, 0.15) is 0 Å². The number of carbonyl (C=O) groups is 1. The molecule has 1 amide bonds. The molecule has 0 fully saturated rings. The fourth-order valence-electron chi connectivity index (χ4n) is 1.18. The normalized spacial score (nSPS) is 14.1. The minimum atomic E-state index is -0.624. The zero-order chi connectivity index (χ0) is 12.9. The molecule has 1 rings (SSSR count). The number of hydrogen-bond acceptors (Lipinski definition) is 3. The molecule has 0 aromatic heterocycles. The smallest absolute Gasteiger partial charge is 0.221 e.